The lowest BCUT2D eigenvalue weighted by atomic mass is 10.1. The average Bonchev–Trinajstić information content (AvgIpc) is 3.27. The molecule has 1 atom stereocenters. The summed E-state index contributed by atoms with van der Waals surface area (Å²) in [7, 11) is 0. The van der Waals surface area contributed by atoms with Crippen molar-refractivity contribution in [3.63, 3.8) is 0 Å². The molecule has 2 aromatic rings. The van der Waals surface area contributed by atoms with Crippen molar-refractivity contribution in [2.45, 2.75) is 52.0 Å². The summed E-state index contributed by atoms with van der Waals surface area (Å²) < 4.78 is 5.45. The van der Waals surface area contributed by atoms with E-state index in [1.807, 2.05) is 13.8 Å². The molecule has 0 bridgehead atoms. The number of anilines is 1. The van der Waals surface area contributed by atoms with E-state index in [0.29, 0.717) is 42.5 Å². The number of fused-ring (bicyclic) bond motifs is 1. The molecule has 2 amide bonds. The van der Waals surface area contributed by atoms with Gasteiger partial charge in [0.25, 0.3) is 5.91 Å². The first kappa shape index (κ1) is 21.6. The maximum Gasteiger partial charge on any atom is 0.289 e. The summed E-state index contributed by atoms with van der Waals surface area (Å²) in [5.74, 6) is 0.867. The number of rotatable bonds is 4. The maximum atomic E-state index is 12.9. The number of nitrogens with zero attached hydrogens (tertiary/aromatic N) is 3. The van der Waals surface area contributed by atoms with Gasteiger partial charge in [0.2, 0.25) is 5.91 Å². The number of amides is 2. The first-order chi connectivity index (χ1) is 15.0. The summed E-state index contributed by atoms with van der Waals surface area (Å²) in [5, 5.41) is 13.4. The summed E-state index contributed by atoms with van der Waals surface area (Å²) in [5.41, 5.74) is 1.78. The van der Waals surface area contributed by atoms with Crippen LogP contribution in [0.2, 0.25) is 0 Å². The Balaban J connectivity index is 1.36. The zero-order chi connectivity index (χ0) is 22.0. The van der Waals surface area contributed by atoms with E-state index in [4.69, 9.17) is 4.42 Å². The van der Waals surface area contributed by atoms with Gasteiger partial charge in [0, 0.05) is 31.1 Å². The van der Waals surface area contributed by atoms with Gasteiger partial charge in [-0.3, -0.25) is 14.5 Å². The molecule has 1 fully saturated rings. The normalized spacial score (nSPS) is 18.0. The fourth-order valence-corrected chi connectivity index (χ4v) is 5.59. The van der Waals surface area contributed by atoms with Crippen molar-refractivity contribution in [3.8, 4) is 6.07 Å². The standard InChI is InChI=1S/C23H28N4O3S/c1-15-8-9-19(30-15)23(29)27-12-10-26(11-13-27)16(2)21(28)25-22-18(14-24)17-6-4-3-5-7-20(17)31-22/h8-9,16H,3-7,10-13H2,1-2H3,(H,25,28). The number of carbonyl (C=O) groups excluding carboxylic acids is 2. The summed E-state index contributed by atoms with van der Waals surface area (Å²) >= 11 is 1.56. The molecule has 0 spiro atoms. The van der Waals surface area contributed by atoms with Crippen LogP contribution in [0.4, 0.5) is 5.00 Å². The van der Waals surface area contributed by atoms with Gasteiger partial charge < -0.3 is 14.6 Å². The van der Waals surface area contributed by atoms with Crippen LogP contribution in [0.1, 0.15) is 58.5 Å². The van der Waals surface area contributed by atoms with Crippen LogP contribution >= 0.6 is 11.3 Å². The molecule has 1 unspecified atom stereocenters. The van der Waals surface area contributed by atoms with Gasteiger partial charge in [-0.1, -0.05) is 6.42 Å². The van der Waals surface area contributed by atoms with Crippen molar-refractivity contribution in [2.24, 2.45) is 0 Å². The van der Waals surface area contributed by atoms with E-state index in [0.717, 1.165) is 37.0 Å². The third-order valence-corrected chi connectivity index (χ3v) is 7.46. The largest absolute Gasteiger partial charge is 0.456 e. The highest BCUT2D eigenvalue weighted by molar-refractivity contribution is 7.16. The Kier molecular flexibility index (Phi) is 6.44. The quantitative estimate of drug-likeness (QED) is 0.734. The SMILES string of the molecule is Cc1ccc(C(=O)N2CCN(C(C)C(=O)Nc3sc4c(c3C#N)CCCCC4)CC2)o1. The molecule has 0 aromatic carbocycles. The van der Waals surface area contributed by atoms with Crippen LogP contribution in [-0.4, -0.2) is 53.8 Å². The van der Waals surface area contributed by atoms with Crippen LogP contribution in [0.15, 0.2) is 16.5 Å². The molecule has 0 radical (unpaired) electrons. The Morgan fingerprint density at radius 1 is 1.16 bits per heavy atom. The Morgan fingerprint density at radius 3 is 2.58 bits per heavy atom. The van der Waals surface area contributed by atoms with Crippen molar-refractivity contribution in [3.05, 3.63) is 39.7 Å². The van der Waals surface area contributed by atoms with Gasteiger partial charge in [-0.15, -0.1) is 11.3 Å². The number of piperazine rings is 1. The molecule has 4 rings (SSSR count). The average molecular weight is 441 g/mol. The number of furan rings is 1. The predicted octanol–water partition coefficient (Wildman–Crippen LogP) is 3.58. The molecule has 31 heavy (non-hydrogen) atoms. The summed E-state index contributed by atoms with van der Waals surface area (Å²) in [6.07, 6.45) is 5.35. The van der Waals surface area contributed by atoms with E-state index < -0.39 is 0 Å². The lowest BCUT2D eigenvalue weighted by Crippen LogP contribution is -2.54. The highest BCUT2D eigenvalue weighted by Gasteiger charge is 2.30. The van der Waals surface area contributed by atoms with Crippen LogP contribution in [0.3, 0.4) is 0 Å². The minimum absolute atomic E-state index is 0.102. The number of nitriles is 1. The molecule has 8 heteroatoms. The van der Waals surface area contributed by atoms with Gasteiger partial charge >= 0.3 is 0 Å². The van der Waals surface area contributed by atoms with Crippen molar-refractivity contribution in [1.29, 1.82) is 5.26 Å². The Bertz CT molecular complexity index is 1010. The first-order valence-corrected chi connectivity index (χ1v) is 11.7. The third kappa shape index (κ3) is 4.53. The summed E-state index contributed by atoms with van der Waals surface area (Å²) in [4.78, 5) is 30.6. The first-order valence-electron chi connectivity index (χ1n) is 10.9. The van der Waals surface area contributed by atoms with Gasteiger partial charge in [0.15, 0.2) is 5.76 Å². The van der Waals surface area contributed by atoms with Gasteiger partial charge in [-0.25, -0.2) is 0 Å². The van der Waals surface area contributed by atoms with Crippen LogP contribution in [-0.2, 0) is 17.6 Å². The Morgan fingerprint density at radius 2 is 1.90 bits per heavy atom. The minimum atomic E-state index is -0.337. The molecule has 2 aromatic heterocycles. The number of thiophene rings is 1. The monoisotopic (exact) mass is 440 g/mol. The van der Waals surface area contributed by atoms with Crippen LogP contribution in [0, 0.1) is 18.3 Å². The molecule has 2 aliphatic rings. The molecule has 1 aliphatic carbocycles. The Labute approximate surface area is 186 Å². The second-order valence-corrected chi connectivity index (χ2v) is 9.39. The molecular formula is C23H28N4O3S. The van der Waals surface area contributed by atoms with E-state index in [-0.39, 0.29) is 17.9 Å². The highest BCUT2D eigenvalue weighted by atomic mass is 32.1. The smallest absolute Gasteiger partial charge is 0.289 e. The summed E-state index contributed by atoms with van der Waals surface area (Å²) in [6.45, 7) is 6.03. The zero-order valence-electron chi connectivity index (χ0n) is 18.1. The molecule has 3 heterocycles. The van der Waals surface area contributed by atoms with Crippen molar-refractivity contribution in [1.82, 2.24) is 9.80 Å². The molecule has 1 N–H and O–H groups in total. The second kappa shape index (κ2) is 9.25. The van der Waals surface area contributed by atoms with E-state index in [1.54, 1.807) is 28.4 Å². The zero-order valence-corrected chi connectivity index (χ0v) is 18.9. The van der Waals surface area contributed by atoms with E-state index in [1.165, 1.54) is 11.3 Å². The van der Waals surface area contributed by atoms with Crippen molar-refractivity contribution < 1.29 is 14.0 Å². The molecule has 0 saturated carbocycles. The molecule has 1 aliphatic heterocycles. The maximum absolute atomic E-state index is 12.9. The fourth-order valence-electron chi connectivity index (χ4n) is 4.35. The van der Waals surface area contributed by atoms with Gasteiger partial charge in [0.05, 0.1) is 11.6 Å². The summed E-state index contributed by atoms with van der Waals surface area (Å²) in [6, 6.07) is 5.47. The topological polar surface area (TPSA) is 89.6 Å². The van der Waals surface area contributed by atoms with Gasteiger partial charge in [0.1, 0.15) is 16.8 Å². The minimum Gasteiger partial charge on any atom is -0.456 e. The molecule has 164 valence electrons. The number of nitrogens with one attached hydrogen (secondary N) is 1. The van der Waals surface area contributed by atoms with Crippen LogP contribution in [0.25, 0.3) is 0 Å². The van der Waals surface area contributed by atoms with Crippen molar-refractivity contribution >= 4 is 28.2 Å². The van der Waals surface area contributed by atoms with E-state index in [2.05, 4.69) is 16.3 Å². The lowest BCUT2D eigenvalue weighted by molar-refractivity contribution is -0.121. The lowest BCUT2D eigenvalue weighted by Gasteiger charge is -2.37. The Hall–Kier alpha value is -2.63. The van der Waals surface area contributed by atoms with Crippen LogP contribution in [0.5, 0.6) is 0 Å². The highest BCUT2D eigenvalue weighted by Crippen LogP contribution is 2.37. The van der Waals surface area contributed by atoms with Gasteiger partial charge in [-0.05, 0) is 57.2 Å². The molecule has 1 saturated heterocycles. The number of hydrogen-bond donors (Lipinski definition) is 1. The molecular weight excluding hydrogens is 412 g/mol. The number of hydrogen-bond acceptors (Lipinski definition) is 6. The fraction of sp³-hybridized carbons (Fsp3) is 0.522. The van der Waals surface area contributed by atoms with Gasteiger partial charge in [-0.2, -0.15) is 5.26 Å². The van der Waals surface area contributed by atoms with Crippen molar-refractivity contribution in [2.75, 3.05) is 31.5 Å². The number of carbonyl (C=O) groups is 2. The van der Waals surface area contributed by atoms with E-state index in [9.17, 15) is 14.9 Å². The predicted molar refractivity (Wildman–Crippen MR) is 119 cm³/mol. The third-order valence-electron chi connectivity index (χ3n) is 6.25. The second-order valence-electron chi connectivity index (χ2n) is 8.28. The van der Waals surface area contributed by atoms with Crippen LogP contribution < -0.4 is 5.32 Å². The van der Waals surface area contributed by atoms with E-state index >= 15 is 0 Å². The molecule has 7 nitrogen and oxygen atoms in total. The number of aryl methyl sites for hydroxylation is 2.